The summed E-state index contributed by atoms with van der Waals surface area (Å²) in [5.74, 6) is -0.0370. The van der Waals surface area contributed by atoms with Gasteiger partial charge in [0.05, 0.1) is 35.9 Å². The Balaban J connectivity index is 1.73. The Labute approximate surface area is 175 Å². The summed E-state index contributed by atoms with van der Waals surface area (Å²) in [6.45, 7) is 0. The molecule has 3 aromatic rings. The van der Waals surface area contributed by atoms with Gasteiger partial charge in [-0.3, -0.25) is 15.1 Å². The van der Waals surface area contributed by atoms with E-state index in [9.17, 15) is 9.59 Å². The summed E-state index contributed by atoms with van der Waals surface area (Å²) in [5.41, 5.74) is 0.890. The Morgan fingerprint density at radius 3 is 2.53 bits per heavy atom. The predicted molar refractivity (Wildman–Crippen MR) is 110 cm³/mol. The monoisotopic (exact) mass is 423 g/mol. The highest BCUT2D eigenvalue weighted by atomic mass is 35.5. The number of aromatic nitrogens is 3. The number of halogens is 1. The minimum absolute atomic E-state index is 0.123. The number of pyridine rings is 1. The van der Waals surface area contributed by atoms with Gasteiger partial charge in [-0.15, -0.1) is 0 Å². The van der Waals surface area contributed by atoms with E-state index in [4.69, 9.17) is 21.6 Å². The number of anilines is 3. The Morgan fingerprint density at radius 2 is 1.90 bits per heavy atom. The van der Waals surface area contributed by atoms with Gasteiger partial charge in [-0.25, -0.2) is 14.8 Å². The molecule has 0 saturated carbocycles. The number of carbonyl (C=O) groups excluding carboxylic acids is 2. The molecule has 150 valence electrons. The van der Waals surface area contributed by atoms with Gasteiger partial charge in [-0.1, -0.05) is 17.7 Å². The van der Waals surface area contributed by atoms with E-state index in [0.717, 1.165) is 0 Å². The highest BCUT2D eigenvalue weighted by molar-refractivity contribution is 6.34. The molecule has 0 aliphatic heterocycles. The third-order valence-electron chi connectivity index (χ3n) is 3.69. The van der Waals surface area contributed by atoms with Gasteiger partial charge in [0, 0.05) is 12.3 Å². The topological polar surface area (TPSA) is 142 Å². The fraction of sp³-hybridized carbons (Fsp3) is 0.0526. The van der Waals surface area contributed by atoms with Gasteiger partial charge in [0.2, 0.25) is 0 Å². The van der Waals surface area contributed by atoms with Gasteiger partial charge < -0.3 is 15.4 Å². The number of carbonyl (C=O) groups is 2. The number of hydrogen-bond acceptors (Lipinski definition) is 7. The molecule has 10 nitrogen and oxygen atoms in total. The van der Waals surface area contributed by atoms with Crippen molar-refractivity contribution in [1.82, 2.24) is 15.0 Å². The molecule has 0 aliphatic rings. The first-order valence-corrected chi connectivity index (χ1v) is 8.78. The molecule has 0 bridgehead atoms. The highest BCUT2D eigenvalue weighted by Gasteiger charge is 2.15. The van der Waals surface area contributed by atoms with Crippen LogP contribution >= 0.6 is 11.6 Å². The van der Waals surface area contributed by atoms with Crippen LogP contribution in [-0.2, 0) is 0 Å². The number of ether oxygens (including phenoxy) is 1. The third kappa shape index (κ3) is 4.98. The van der Waals surface area contributed by atoms with E-state index in [1.165, 1.54) is 37.8 Å². The van der Waals surface area contributed by atoms with E-state index in [1.54, 1.807) is 18.2 Å². The number of hydrogen-bond donors (Lipinski definition) is 3. The molecule has 0 atom stereocenters. The molecule has 11 heteroatoms. The minimum Gasteiger partial charge on any atom is -0.494 e. The molecule has 3 amide bonds. The standard InChI is InChI=1S/C19H14ClN7O3/c1-30-16-7-14(25-18(28)13-4-2-3-5-22-13)12(20)6-15(16)26-19(29)27-17-10-23-11(8-21)9-24-17/h2-7,9-10H,1H3,(H,25,28)(H2,24,26,27,29). The summed E-state index contributed by atoms with van der Waals surface area (Å²) in [7, 11) is 1.41. The molecular weight excluding hydrogens is 410 g/mol. The SMILES string of the molecule is COc1cc(NC(=O)c2ccccn2)c(Cl)cc1NC(=O)Nc1cnc(C#N)cn1. The van der Waals surface area contributed by atoms with E-state index in [0.29, 0.717) is 0 Å². The van der Waals surface area contributed by atoms with Gasteiger partial charge >= 0.3 is 6.03 Å². The average molecular weight is 424 g/mol. The van der Waals surface area contributed by atoms with Crippen LogP contribution in [0.25, 0.3) is 0 Å². The summed E-state index contributed by atoms with van der Waals surface area (Å²) >= 11 is 6.25. The predicted octanol–water partition coefficient (Wildman–Crippen LogP) is 3.30. The third-order valence-corrected chi connectivity index (χ3v) is 4.00. The first-order chi connectivity index (χ1) is 14.5. The summed E-state index contributed by atoms with van der Waals surface area (Å²) in [5, 5.41) is 16.6. The molecule has 0 aliphatic carbocycles. The van der Waals surface area contributed by atoms with Gasteiger partial charge in [0.1, 0.15) is 17.5 Å². The number of benzene rings is 1. The van der Waals surface area contributed by atoms with Crippen molar-refractivity contribution in [2.75, 3.05) is 23.1 Å². The Morgan fingerprint density at radius 1 is 1.07 bits per heavy atom. The van der Waals surface area contributed by atoms with E-state index in [1.807, 2.05) is 6.07 Å². The molecule has 0 spiro atoms. The molecule has 1 aromatic carbocycles. The Kier molecular flexibility index (Phi) is 6.36. The Hall–Kier alpha value is -4.23. The van der Waals surface area contributed by atoms with Crippen LogP contribution in [0.2, 0.25) is 5.02 Å². The van der Waals surface area contributed by atoms with Crippen LogP contribution in [0.3, 0.4) is 0 Å². The fourth-order valence-electron chi connectivity index (χ4n) is 2.32. The van der Waals surface area contributed by atoms with E-state index < -0.39 is 11.9 Å². The van der Waals surface area contributed by atoms with Crippen molar-refractivity contribution in [1.29, 1.82) is 5.26 Å². The maximum atomic E-state index is 12.3. The fourth-order valence-corrected chi connectivity index (χ4v) is 2.53. The van der Waals surface area contributed by atoms with Crippen LogP contribution in [0.5, 0.6) is 5.75 Å². The molecule has 0 unspecified atom stereocenters. The lowest BCUT2D eigenvalue weighted by Crippen LogP contribution is -2.21. The average Bonchev–Trinajstić information content (AvgIpc) is 2.76. The van der Waals surface area contributed by atoms with Crippen LogP contribution in [0.15, 0.2) is 48.9 Å². The van der Waals surface area contributed by atoms with Crippen molar-refractivity contribution in [2.24, 2.45) is 0 Å². The van der Waals surface area contributed by atoms with Crippen molar-refractivity contribution in [3.63, 3.8) is 0 Å². The summed E-state index contributed by atoms with van der Waals surface area (Å²) in [4.78, 5) is 36.2. The molecule has 3 N–H and O–H groups in total. The number of urea groups is 1. The Bertz CT molecular complexity index is 1120. The van der Waals surface area contributed by atoms with Crippen molar-refractivity contribution < 1.29 is 14.3 Å². The van der Waals surface area contributed by atoms with Crippen LogP contribution < -0.4 is 20.7 Å². The first kappa shape index (κ1) is 20.5. The molecule has 3 rings (SSSR count). The quantitative estimate of drug-likeness (QED) is 0.571. The highest BCUT2D eigenvalue weighted by Crippen LogP contribution is 2.34. The second-order valence-electron chi connectivity index (χ2n) is 5.68. The summed E-state index contributed by atoms with van der Waals surface area (Å²) in [6.07, 6.45) is 3.98. The molecule has 2 heterocycles. The number of nitrogens with zero attached hydrogens (tertiary/aromatic N) is 4. The number of nitriles is 1. The van der Waals surface area contributed by atoms with Crippen molar-refractivity contribution in [2.45, 2.75) is 0 Å². The molecule has 0 fully saturated rings. The zero-order chi connectivity index (χ0) is 21.5. The van der Waals surface area contributed by atoms with Gasteiger partial charge in [-0.2, -0.15) is 5.26 Å². The zero-order valence-electron chi connectivity index (χ0n) is 15.5. The van der Waals surface area contributed by atoms with E-state index in [-0.39, 0.29) is 39.4 Å². The minimum atomic E-state index is -0.631. The lowest BCUT2D eigenvalue weighted by molar-refractivity contribution is 0.102. The van der Waals surface area contributed by atoms with Crippen LogP contribution in [0.1, 0.15) is 16.2 Å². The zero-order valence-corrected chi connectivity index (χ0v) is 16.3. The maximum Gasteiger partial charge on any atom is 0.325 e. The second-order valence-corrected chi connectivity index (χ2v) is 6.09. The van der Waals surface area contributed by atoms with Gasteiger partial charge in [0.15, 0.2) is 11.5 Å². The number of methoxy groups -OCH3 is 1. The molecule has 0 radical (unpaired) electrons. The normalized spacial score (nSPS) is 9.90. The largest absolute Gasteiger partial charge is 0.494 e. The summed E-state index contributed by atoms with van der Waals surface area (Å²) in [6, 6.07) is 9.05. The molecule has 2 aromatic heterocycles. The first-order valence-electron chi connectivity index (χ1n) is 8.40. The number of rotatable bonds is 5. The molecule has 30 heavy (non-hydrogen) atoms. The van der Waals surface area contributed by atoms with Crippen LogP contribution in [-0.4, -0.2) is 34.0 Å². The van der Waals surface area contributed by atoms with Crippen molar-refractivity contribution in [3.05, 3.63) is 65.3 Å². The lowest BCUT2D eigenvalue weighted by Gasteiger charge is -2.14. The van der Waals surface area contributed by atoms with Gasteiger partial charge in [0.25, 0.3) is 5.91 Å². The van der Waals surface area contributed by atoms with Crippen LogP contribution in [0, 0.1) is 11.3 Å². The van der Waals surface area contributed by atoms with Crippen molar-refractivity contribution >= 4 is 40.7 Å². The number of nitrogens with one attached hydrogen (secondary N) is 3. The van der Waals surface area contributed by atoms with Gasteiger partial charge in [-0.05, 0) is 18.2 Å². The molecule has 0 saturated heterocycles. The second kappa shape index (κ2) is 9.31. The number of amides is 3. The van der Waals surface area contributed by atoms with E-state index >= 15 is 0 Å². The molecular formula is C19H14ClN7O3. The lowest BCUT2D eigenvalue weighted by atomic mass is 10.2. The summed E-state index contributed by atoms with van der Waals surface area (Å²) < 4.78 is 5.28. The van der Waals surface area contributed by atoms with Crippen LogP contribution in [0.4, 0.5) is 22.0 Å². The smallest absolute Gasteiger partial charge is 0.325 e. The van der Waals surface area contributed by atoms with E-state index in [2.05, 4.69) is 30.9 Å². The van der Waals surface area contributed by atoms with Crippen molar-refractivity contribution in [3.8, 4) is 11.8 Å². The maximum absolute atomic E-state index is 12.3.